The Morgan fingerprint density at radius 1 is 1.14 bits per heavy atom. The standard InChI is InChI=1S/C22H23FN2OS2/c1-25(14-16-5-11-19(27-2)12-6-16)15-21(26)24-22(20-4-3-13-28-20)17-7-9-18(23)10-8-17/h3-13,22H,14-15H2,1-2H3,(H,24,26)/p+1/t22-/m1/s1. The molecule has 3 nitrogen and oxygen atoms in total. The molecule has 2 atom stereocenters. The number of thioether (sulfide) groups is 1. The monoisotopic (exact) mass is 415 g/mol. The van der Waals surface area contributed by atoms with Crippen LogP contribution in [0.4, 0.5) is 4.39 Å². The number of carbonyl (C=O) groups excluding carboxylic acids is 1. The number of quaternary nitrogens is 1. The largest absolute Gasteiger partial charge is 0.339 e. The molecule has 2 aromatic carbocycles. The van der Waals surface area contributed by atoms with E-state index in [1.807, 2.05) is 24.6 Å². The maximum absolute atomic E-state index is 13.3. The summed E-state index contributed by atoms with van der Waals surface area (Å²) >= 11 is 3.30. The highest BCUT2D eigenvalue weighted by atomic mass is 32.2. The molecule has 0 fully saturated rings. The van der Waals surface area contributed by atoms with Crippen LogP contribution in [-0.2, 0) is 11.3 Å². The molecular weight excluding hydrogens is 391 g/mol. The highest BCUT2D eigenvalue weighted by Crippen LogP contribution is 2.26. The van der Waals surface area contributed by atoms with E-state index in [1.165, 1.54) is 22.6 Å². The van der Waals surface area contributed by atoms with Gasteiger partial charge >= 0.3 is 0 Å². The van der Waals surface area contributed by atoms with Crippen molar-refractivity contribution < 1.29 is 14.1 Å². The summed E-state index contributed by atoms with van der Waals surface area (Å²) in [5.41, 5.74) is 2.08. The molecule has 0 aliphatic carbocycles. The molecule has 146 valence electrons. The summed E-state index contributed by atoms with van der Waals surface area (Å²) in [6, 6.07) is 18.4. The van der Waals surface area contributed by atoms with E-state index in [1.54, 1.807) is 35.2 Å². The second-order valence-electron chi connectivity index (χ2n) is 6.73. The van der Waals surface area contributed by atoms with Crippen LogP contribution in [0, 0.1) is 5.82 Å². The highest BCUT2D eigenvalue weighted by molar-refractivity contribution is 7.98. The summed E-state index contributed by atoms with van der Waals surface area (Å²) in [5, 5.41) is 5.09. The summed E-state index contributed by atoms with van der Waals surface area (Å²) in [7, 11) is 2.01. The van der Waals surface area contributed by atoms with Crippen molar-refractivity contribution in [2.24, 2.45) is 0 Å². The van der Waals surface area contributed by atoms with E-state index < -0.39 is 0 Å². The molecule has 0 bridgehead atoms. The third-order valence-corrected chi connectivity index (χ3v) is 6.14. The zero-order chi connectivity index (χ0) is 19.9. The van der Waals surface area contributed by atoms with E-state index in [0.29, 0.717) is 6.54 Å². The average molecular weight is 416 g/mol. The second kappa shape index (κ2) is 9.87. The first-order valence-electron chi connectivity index (χ1n) is 9.07. The summed E-state index contributed by atoms with van der Waals surface area (Å²) in [4.78, 5) is 16.1. The van der Waals surface area contributed by atoms with Crippen LogP contribution in [-0.4, -0.2) is 25.8 Å². The number of rotatable bonds is 8. The fraction of sp³-hybridized carbons (Fsp3) is 0.227. The first-order valence-corrected chi connectivity index (χ1v) is 11.2. The smallest absolute Gasteiger partial charge is 0.275 e. The molecule has 3 rings (SSSR count). The van der Waals surface area contributed by atoms with Gasteiger partial charge in [0.15, 0.2) is 6.54 Å². The predicted molar refractivity (Wildman–Crippen MR) is 114 cm³/mol. The summed E-state index contributed by atoms with van der Waals surface area (Å²) < 4.78 is 13.3. The van der Waals surface area contributed by atoms with Gasteiger partial charge in [0.25, 0.3) is 5.91 Å². The number of hydrogen-bond acceptors (Lipinski definition) is 3. The Kier molecular flexibility index (Phi) is 7.25. The average Bonchev–Trinajstić information content (AvgIpc) is 3.22. The van der Waals surface area contributed by atoms with Crippen molar-refractivity contribution in [1.82, 2.24) is 5.32 Å². The van der Waals surface area contributed by atoms with Crippen LogP contribution in [0.5, 0.6) is 0 Å². The lowest BCUT2D eigenvalue weighted by atomic mass is 10.1. The number of thiophene rings is 1. The van der Waals surface area contributed by atoms with E-state index in [-0.39, 0.29) is 17.8 Å². The quantitative estimate of drug-likeness (QED) is 0.552. The van der Waals surface area contributed by atoms with E-state index in [4.69, 9.17) is 0 Å². The van der Waals surface area contributed by atoms with Crippen LogP contribution >= 0.6 is 23.1 Å². The van der Waals surface area contributed by atoms with Crippen molar-refractivity contribution in [3.63, 3.8) is 0 Å². The van der Waals surface area contributed by atoms with Crippen LogP contribution in [0.2, 0.25) is 0 Å². The Bertz CT molecular complexity index is 880. The fourth-order valence-corrected chi connectivity index (χ4v) is 4.28. The van der Waals surface area contributed by atoms with Crippen LogP contribution in [0.1, 0.15) is 22.0 Å². The molecular formula is C22H24FN2OS2+. The molecule has 28 heavy (non-hydrogen) atoms. The van der Waals surface area contributed by atoms with E-state index in [9.17, 15) is 9.18 Å². The van der Waals surface area contributed by atoms with Gasteiger partial charge in [-0.05, 0) is 47.5 Å². The van der Waals surface area contributed by atoms with Crippen LogP contribution in [0.3, 0.4) is 0 Å². The Morgan fingerprint density at radius 3 is 2.46 bits per heavy atom. The van der Waals surface area contributed by atoms with E-state index >= 15 is 0 Å². The molecule has 1 heterocycles. The van der Waals surface area contributed by atoms with Gasteiger partial charge in [0.05, 0.1) is 13.1 Å². The van der Waals surface area contributed by atoms with Crippen LogP contribution in [0.25, 0.3) is 0 Å². The first-order chi connectivity index (χ1) is 13.5. The van der Waals surface area contributed by atoms with E-state index in [0.717, 1.165) is 21.9 Å². The molecule has 0 radical (unpaired) electrons. The molecule has 1 aromatic heterocycles. The van der Waals surface area contributed by atoms with Gasteiger partial charge in [0.1, 0.15) is 12.4 Å². The molecule has 0 saturated carbocycles. The maximum atomic E-state index is 13.3. The zero-order valence-corrected chi connectivity index (χ0v) is 17.6. The zero-order valence-electron chi connectivity index (χ0n) is 15.9. The normalized spacial score (nSPS) is 13.1. The third kappa shape index (κ3) is 5.67. The number of benzene rings is 2. The number of nitrogens with one attached hydrogen (secondary N) is 2. The Balaban J connectivity index is 1.63. The molecule has 1 unspecified atom stereocenters. The molecule has 0 aliphatic heterocycles. The number of hydrogen-bond donors (Lipinski definition) is 2. The number of amides is 1. The summed E-state index contributed by atoms with van der Waals surface area (Å²) in [5.74, 6) is -0.308. The minimum atomic E-state index is -0.281. The van der Waals surface area contributed by atoms with Crippen molar-refractivity contribution in [1.29, 1.82) is 0 Å². The van der Waals surface area contributed by atoms with E-state index in [2.05, 4.69) is 35.8 Å². The lowest BCUT2D eigenvalue weighted by molar-refractivity contribution is -0.885. The van der Waals surface area contributed by atoms with Gasteiger partial charge in [-0.3, -0.25) is 4.79 Å². The molecule has 0 spiro atoms. The lowest BCUT2D eigenvalue weighted by Crippen LogP contribution is -3.08. The Labute approximate surface area is 173 Å². The molecule has 1 amide bonds. The fourth-order valence-electron chi connectivity index (χ4n) is 3.07. The van der Waals surface area contributed by atoms with Gasteiger partial charge in [-0.25, -0.2) is 4.39 Å². The van der Waals surface area contributed by atoms with Gasteiger partial charge in [-0.1, -0.05) is 30.3 Å². The molecule has 0 aliphatic rings. The Hall–Kier alpha value is -2.15. The molecule has 0 saturated heterocycles. The Morgan fingerprint density at radius 2 is 1.86 bits per heavy atom. The maximum Gasteiger partial charge on any atom is 0.275 e. The van der Waals surface area contributed by atoms with Gasteiger partial charge in [0, 0.05) is 15.3 Å². The third-order valence-electron chi connectivity index (χ3n) is 4.46. The number of likely N-dealkylation sites (N-methyl/N-ethyl adjacent to an activating group) is 1. The van der Waals surface area contributed by atoms with Gasteiger partial charge < -0.3 is 10.2 Å². The van der Waals surface area contributed by atoms with Crippen molar-refractivity contribution in [3.05, 3.63) is 87.9 Å². The number of halogens is 1. The number of carbonyl (C=O) groups is 1. The topological polar surface area (TPSA) is 33.5 Å². The minimum absolute atomic E-state index is 0.0269. The van der Waals surface area contributed by atoms with Crippen LogP contribution < -0.4 is 10.2 Å². The van der Waals surface area contributed by atoms with Crippen molar-refractivity contribution >= 4 is 29.0 Å². The van der Waals surface area contributed by atoms with Crippen molar-refractivity contribution in [3.8, 4) is 0 Å². The second-order valence-corrected chi connectivity index (χ2v) is 8.59. The van der Waals surface area contributed by atoms with Gasteiger partial charge in [0.2, 0.25) is 0 Å². The molecule has 2 N–H and O–H groups in total. The van der Waals surface area contributed by atoms with Gasteiger partial charge in [-0.2, -0.15) is 0 Å². The van der Waals surface area contributed by atoms with Crippen molar-refractivity contribution in [2.75, 3.05) is 19.8 Å². The summed E-state index contributed by atoms with van der Waals surface area (Å²) in [6.45, 7) is 1.15. The predicted octanol–water partition coefficient (Wildman–Crippen LogP) is 3.53. The minimum Gasteiger partial charge on any atom is -0.339 e. The highest BCUT2D eigenvalue weighted by Gasteiger charge is 2.20. The van der Waals surface area contributed by atoms with Crippen molar-refractivity contribution in [2.45, 2.75) is 17.5 Å². The molecule has 6 heteroatoms. The molecule has 3 aromatic rings. The summed E-state index contributed by atoms with van der Waals surface area (Å²) in [6.07, 6.45) is 2.06. The SMILES string of the molecule is CSc1ccc(C[NH+](C)CC(=O)N[C@H](c2ccc(F)cc2)c2cccs2)cc1. The lowest BCUT2D eigenvalue weighted by Gasteiger charge is -2.20. The first kappa shape index (κ1) is 20.6. The van der Waals surface area contributed by atoms with Crippen LogP contribution in [0.15, 0.2) is 70.9 Å². The van der Waals surface area contributed by atoms with Gasteiger partial charge in [-0.15, -0.1) is 23.1 Å².